The standard InChI is InChI=1S/C23H25N3O4S2/c1-24(32(28,29)22-8-5-17-31-22)19-11-9-18(10-12-19)23(27)26-15-13-25(14-16-26)20-6-3-4-7-21(20)30-2/h3-12,17H,13-16H2,1-2H3. The Morgan fingerprint density at radius 3 is 2.28 bits per heavy atom. The van der Waals surface area contributed by atoms with Gasteiger partial charge in [-0.2, -0.15) is 0 Å². The molecule has 0 bridgehead atoms. The lowest BCUT2D eigenvalue weighted by Crippen LogP contribution is -2.48. The number of hydrogen-bond acceptors (Lipinski definition) is 6. The van der Waals surface area contributed by atoms with Crippen LogP contribution >= 0.6 is 11.3 Å². The van der Waals surface area contributed by atoms with Gasteiger partial charge in [0.2, 0.25) is 0 Å². The van der Waals surface area contributed by atoms with Gasteiger partial charge in [0, 0.05) is 38.8 Å². The van der Waals surface area contributed by atoms with E-state index >= 15 is 0 Å². The molecule has 1 aromatic heterocycles. The molecule has 1 aliphatic rings. The summed E-state index contributed by atoms with van der Waals surface area (Å²) >= 11 is 1.18. The van der Waals surface area contributed by atoms with Gasteiger partial charge < -0.3 is 14.5 Å². The molecule has 1 aliphatic heterocycles. The number of hydrogen-bond donors (Lipinski definition) is 0. The average molecular weight is 472 g/mol. The van der Waals surface area contributed by atoms with Crippen molar-refractivity contribution in [3.8, 4) is 5.75 Å². The number of amides is 1. The summed E-state index contributed by atoms with van der Waals surface area (Å²) in [6.07, 6.45) is 0. The van der Waals surface area contributed by atoms with Crippen LogP contribution in [0.25, 0.3) is 0 Å². The van der Waals surface area contributed by atoms with Gasteiger partial charge in [0.05, 0.1) is 18.5 Å². The topological polar surface area (TPSA) is 70.2 Å². The first-order chi connectivity index (χ1) is 15.4. The van der Waals surface area contributed by atoms with Crippen molar-refractivity contribution in [3.05, 3.63) is 71.6 Å². The Bertz CT molecular complexity index is 1170. The zero-order chi connectivity index (χ0) is 22.7. The molecule has 168 valence electrons. The fraction of sp³-hybridized carbons (Fsp3) is 0.261. The van der Waals surface area contributed by atoms with Crippen molar-refractivity contribution in [2.75, 3.05) is 49.5 Å². The minimum absolute atomic E-state index is 0.0556. The van der Waals surface area contributed by atoms with E-state index in [2.05, 4.69) is 4.90 Å². The molecule has 0 unspecified atom stereocenters. The number of sulfonamides is 1. The first-order valence-electron chi connectivity index (χ1n) is 10.2. The lowest BCUT2D eigenvalue weighted by atomic mass is 10.1. The van der Waals surface area contributed by atoms with Crippen LogP contribution in [-0.2, 0) is 10.0 Å². The van der Waals surface area contributed by atoms with Gasteiger partial charge in [0.1, 0.15) is 9.96 Å². The van der Waals surface area contributed by atoms with Gasteiger partial charge >= 0.3 is 0 Å². The molecule has 4 rings (SSSR count). The van der Waals surface area contributed by atoms with Crippen LogP contribution in [0.15, 0.2) is 70.3 Å². The van der Waals surface area contributed by atoms with Crippen molar-refractivity contribution in [2.24, 2.45) is 0 Å². The smallest absolute Gasteiger partial charge is 0.273 e. The number of anilines is 2. The van der Waals surface area contributed by atoms with Crippen molar-refractivity contribution in [1.29, 1.82) is 0 Å². The molecule has 0 atom stereocenters. The van der Waals surface area contributed by atoms with Gasteiger partial charge in [-0.1, -0.05) is 18.2 Å². The Kier molecular flexibility index (Phi) is 6.38. The van der Waals surface area contributed by atoms with Crippen LogP contribution < -0.4 is 13.9 Å². The molecule has 2 aromatic carbocycles. The highest BCUT2D eigenvalue weighted by atomic mass is 32.2. The Labute approximate surface area is 192 Å². The Balaban J connectivity index is 1.41. The molecule has 7 nitrogen and oxygen atoms in total. The largest absolute Gasteiger partial charge is 0.495 e. The third-order valence-corrected chi connectivity index (χ3v) is 8.74. The second kappa shape index (κ2) is 9.22. The van der Waals surface area contributed by atoms with Crippen LogP contribution in [0.3, 0.4) is 0 Å². The van der Waals surface area contributed by atoms with Crippen LogP contribution in [0.4, 0.5) is 11.4 Å². The zero-order valence-electron chi connectivity index (χ0n) is 18.0. The predicted octanol–water partition coefficient (Wildman–Crippen LogP) is 3.54. The average Bonchev–Trinajstić information content (AvgIpc) is 3.39. The third-order valence-electron chi connectivity index (χ3n) is 5.58. The van der Waals surface area contributed by atoms with Gasteiger partial charge in [-0.15, -0.1) is 11.3 Å². The summed E-state index contributed by atoms with van der Waals surface area (Å²) in [5.74, 6) is 0.768. The van der Waals surface area contributed by atoms with E-state index in [4.69, 9.17) is 4.74 Å². The molecule has 1 amide bonds. The first kappa shape index (κ1) is 22.2. The number of carbonyl (C=O) groups is 1. The minimum atomic E-state index is -3.60. The Morgan fingerprint density at radius 1 is 0.969 bits per heavy atom. The summed E-state index contributed by atoms with van der Waals surface area (Å²) < 4.78 is 32.4. The number of rotatable bonds is 6. The van der Waals surface area contributed by atoms with Crippen molar-refractivity contribution >= 4 is 38.6 Å². The lowest BCUT2D eigenvalue weighted by molar-refractivity contribution is 0.0746. The van der Waals surface area contributed by atoms with Crippen LogP contribution in [0.1, 0.15) is 10.4 Å². The number of nitrogens with zero attached hydrogens (tertiary/aromatic N) is 3. The summed E-state index contributed by atoms with van der Waals surface area (Å²) in [5.41, 5.74) is 2.08. The SMILES string of the molecule is COc1ccccc1N1CCN(C(=O)c2ccc(N(C)S(=O)(=O)c3cccs3)cc2)CC1. The number of methoxy groups -OCH3 is 1. The molecule has 2 heterocycles. The molecule has 0 aliphatic carbocycles. The molecule has 0 spiro atoms. The number of thiophene rings is 1. The number of para-hydroxylation sites is 2. The fourth-order valence-electron chi connectivity index (χ4n) is 3.72. The normalized spacial score (nSPS) is 14.3. The van der Waals surface area contributed by atoms with E-state index in [1.54, 1.807) is 48.9 Å². The molecule has 0 N–H and O–H groups in total. The van der Waals surface area contributed by atoms with E-state index in [0.717, 1.165) is 11.4 Å². The van der Waals surface area contributed by atoms with E-state index in [9.17, 15) is 13.2 Å². The van der Waals surface area contributed by atoms with Crippen molar-refractivity contribution in [1.82, 2.24) is 4.90 Å². The van der Waals surface area contributed by atoms with Crippen LogP contribution in [-0.4, -0.2) is 59.6 Å². The zero-order valence-corrected chi connectivity index (χ0v) is 19.6. The number of ether oxygens (including phenoxy) is 1. The van der Waals surface area contributed by atoms with E-state index < -0.39 is 10.0 Å². The highest BCUT2D eigenvalue weighted by molar-refractivity contribution is 7.94. The van der Waals surface area contributed by atoms with Gasteiger partial charge in [-0.05, 0) is 47.8 Å². The number of piperazine rings is 1. The minimum Gasteiger partial charge on any atom is -0.495 e. The van der Waals surface area contributed by atoms with E-state index in [-0.39, 0.29) is 10.1 Å². The fourth-order valence-corrected chi connectivity index (χ4v) is 6.08. The highest BCUT2D eigenvalue weighted by Gasteiger charge is 2.25. The highest BCUT2D eigenvalue weighted by Crippen LogP contribution is 2.29. The van der Waals surface area contributed by atoms with Crippen molar-refractivity contribution in [2.45, 2.75) is 4.21 Å². The maximum atomic E-state index is 13.0. The summed E-state index contributed by atoms with van der Waals surface area (Å²) in [5, 5.41) is 1.73. The van der Waals surface area contributed by atoms with Crippen molar-refractivity contribution < 1.29 is 17.9 Å². The molecule has 9 heteroatoms. The van der Waals surface area contributed by atoms with Gasteiger partial charge in [-0.25, -0.2) is 8.42 Å². The van der Waals surface area contributed by atoms with Gasteiger partial charge in [-0.3, -0.25) is 9.10 Å². The molecule has 1 fully saturated rings. The molecule has 32 heavy (non-hydrogen) atoms. The quantitative estimate of drug-likeness (QED) is 0.550. The van der Waals surface area contributed by atoms with E-state index in [0.29, 0.717) is 37.4 Å². The third kappa shape index (κ3) is 4.31. The Hall–Kier alpha value is -3.04. The molecule has 1 saturated heterocycles. The predicted molar refractivity (Wildman–Crippen MR) is 127 cm³/mol. The molecular formula is C23H25N3O4S2. The molecule has 0 saturated carbocycles. The van der Waals surface area contributed by atoms with Crippen molar-refractivity contribution in [3.63, 3.8) is 0 Å². The van der Waals surface area contributed by atoms with Crippen LogP contribution in [0.2, 0.25) is 0 Å². The van der Waals surface area contributed by atoms with E-state index in [1.165, 1.54) is 22.7 Å². The summed E-state index contributed by atoms with van der Waals surface area (Å²) in [6, 6.07) is 17.9. The van der Waals surface area contributed by atoms with Crippen LogP contribution in [0, 0.1) is 0 Å². The molecule has 0 radical (unpaired) electrons. The summed E-state index contributed by atoms with van der Waals surface area (Å²) in [6.45, 7) is 2.63. The van der Waals surface area contributed by atoms with E-state index in [1.807, 2.05) is 29.2 Å². The summed E-state index contributed by atoms with van der Waals surface area (Å²) in [4.78, 5) is 17.0. The molecular weight excluding hydrogens is 446 g/mol. The maximum absolute atomic E-state index is 13.0. The monoisotopic (exact) mass is 471 g/mol. The number of benzene rings is 2. The second-order valence-electron chi connectivity index (χ2n) is 7.40. The first-order valence-corrected chi connectivity index (χ1v) is 12.5. The lowest BCUT2D eigenvalue weighted by Gasteiger charge is -2.36. The Morgan fingerprint density at radius 2 is 1.66 bits per heavy atom. The second-order valence-corrected chi connectivity index (χ2v) is 10.5. The maximum Gasteiger partial charge on any atom is 0.273 e. The van der Waals surface area contributed by atoms with Gasteiger partial charge in [0.15, 0.2) is 0 Å². The van der Waals surface area contributed by atoms with Crippen LogP contribution in [0.5, 0.6) is 5.75 Å². The molecule has 3 aromatic rings. The van der Waals surface area contributed by atoms with Gasteiger partial charge in [0.25, 0.3) is 15.9 Å². The summed E-state index contributed by atoms with van der Waals surface area (Å²) in [7, 11) is -0.425. The number of carbonyl (C=O) groups excluding carboxylic acids is 1.